The molecular weight excluding hydrogens is 350 g/mol. The lowest BCUT2D eigenvalue weighted by atomic mass is 9.77. The van der Waals surface area contributed by atoms with Gasteiger partial charge in [0.2, 0.25) is 17.7 Å². The van der Waals surface area contributed by atoms with Crippen molar-refractivity contribution in [1.82, 2.24) is 14.7 Å². The quantitative estimate of drug-likeness (QED) is 0.490. The number of amides is 3. The number of imide groups is 1. The molecule has 0 N–H and O–H groups in total. The van der Waals surface area contributed by atoms with Gasteiger partial charge in [0.15, 0.2) is 0 Å². The summed E-state index contributed by atoms with van der Waals surface area (Å²) in [5.41, 5.74) is -0.537. The van der Waals surface area contributed by atoms with Gasteiger partial charge in [-0.15, -0.1) is 0 Å². The van der Waals surface area contributed by atoms with Crippen molar-refractivity contribution in [1.29, 1.82) is 0 Å². The first kappa shape index (κ1) is 19.8. The Bertz CT molecular complexity index is 625. The Morgan fingerprint density at radius 3 is 2.37 bits per heavy atom. The van der Waals surface area contributed by atoms with Gasteiger partial charge in [0, 0.05) is 32.0 Å². The lowest BCUT2D eigenvalue weighted by molar-refractivity contribution is -0.148. The minimum absolute atomic E-state index is 0.0134. The number of carbonyl (C=O) groups excluding carboxylic acids is 4. The number of piperidine rings is 1. The average Bonchev–Trinajstić information content (AvgIpc) is 3.11. The van der Waals surface area contributed by atoms with Gasteiger partial charge < -0.3 is 9.64 Å². The van der Waals surface area contributed by atoms with Crippen molar-refractivity contribution in [2.75, 3.05) is 39.3 Å². The van der Waals surface area contributed by atoms with Gasteiger partial charge in [0.05, 0.1) is 5.41 Å². The highest BCUT2D eigenvalue weighted by Gasteiger charge is 2.52. The van der Waals surface area contributed by atoms with E-state index < -0.39 is 5.41 Å². The van der Waals surface area contributed by atoms with Crippen LogP contribution in [0.5, 0.6) is 0 Å². The molecule has 3 aliphatic rings. The monoisotopic (exact) mass is 379 g/mol. The number of hydrogen-bond acceptors (Lipinski definition) is 6. The summed E-state index contributed by atoms with van der Waals surface area (Å²) in [5, 5.41) is 0. The van der Waals surface area contributed by atoms with Gasteiger partial charge in [-0.3, -0.25) is 29.0 Å². The Morgan fingerprint density at radius 2 is 1.81 bits per heavy atom. The van der Waals surface area contributed by atoms with Crippen molar-refractivity contribution in [3.05, 3.63) is 0 Å². The lowest BCUT2D eigenvalue weighted by Gasteiger charge is -2.37. The molecule has 3 amide bonds. The summed E-state index contributed by atoms with van der Waals surface area (Å²) in [4.78, 5) is 53.4. The van der Waals surface area contributed by atoms with E-state index in [9.17, 15) is 19.2 Å². The van der Waals surface area contributed by atoms with Crippen LogP contribution in [0.25, 0.3) is 0 Å². The molecule has 3 saturated heterocycles. The Labute approximate surface area is 159 Å². The molecule has 8 heteroatoms. The Morgan fingerprint density at radius 1 is 1.11 bits per heavy atom. The molecule has 0 atom stereocenters. The third kappa shape index (κ3) is 4.15. The normalized spacial score (nSPS) is 23.1. The zero-order valence-electron chi connectivity index (χ0n) is 16.2. The van der Waals surface area contributed by atoms with Crippen LogP contribution >= 0.6 is 0 Å². The minimum atomic E-state index is -0.537. The van der Waals surface area contributed by atoms with Gasteiger partial charge in [0.25, 0.3) is 0 Å². The van der Waals surface area contributed by atoms with Crippen LogP contribution < -0.4 is 0 Å². The molecule has 3 fully saturated rings. The smallest absolute Gasteiger partial charge is 0.325 e. The predicted octanol–water partition coefficient (Wildman–Crippen LogP) is 0.402. The van der Waals surface area contributed by atoms with E-state index in [1.54, 1.807) is 0 Å². The number of nitrogens with zero attached hydrogens (tertiary/aromatic N) is 3. The fourth-order valence-electron chi connectivity index (χ4n) is 4.30. The van der Waals surface area contributed by atoms with Crippen LogP contribution in [0.3, 0.4) is 0 Å². The predicted molar refractivity (Wildman–Crippen MR) is 96.5 cm³/mol. The van der Waals surface area contributed by atoms with Crippen LogP contribution in [-0.4, -0.2) is 83.8 Å². The lowest BCUT2D eigenvalue weighted by Crippen LogP contribution is -2.46. The molecule has 8 nitrogen and oxygen atoms in total. The van der Waals surface area contributed by atoms with Crippen LogP contribution in [0.4, 0.5) is 0 Å². The van der Waals surface area contributed by atoms with Gasteiger partial charge in [0.1, 0.15) is 13.2 Å². The second kappa shape index (κ2) is 7.96. The number of carbonyl (C=O) groups is 4. The average molecular weight is 379 g/mol. The van der Waals surface area contributed by atoms with Crippen molar-refractivity contribution < 1.29 is 23.9 Å². The van der Waals surface area contributed by atoms with Crippen molar-refractivity contribution in [3.63, 3.8) is 0 Å². The molecule has 0 aromatic heterocycles. The first-order valence-corrected chi connectivity index (χ1v) is 9.85. The fraction of sp³-hybridized carbons (Fsp3) is 0.789. The topological polar surface area (TPSA) is 87.2 Å². The van der Waals surface area contributed by atoms with Crippen LogP contribution in [-0.2, 0) is 23.9 Å². The Kier molecular flexibility index (Phi) is 5.83. The van der Waals surface area contributed by atoms with Crippen molar-refractivity contribution in [2.45, 2.75) is 52.0 Å². The SMILES string of the molecule is CC(C)N1C(=O)CC2(CCN(CCOC(=O)CN3CCCC3=O)CC2)C1=O. The third-order valence-electron chi connectivity index (χ3n) is 5.92. The van der Waals surface area contributed by atoms with E-state index in [1.165, 1.54) is 9.80 Å². The highest BCUT2D eigenvalue weighted by molar-refractivity contribution is 6.06. The Balaban J connectivity index is 1.40. The molecule has 3 heterocycles. The van der Waals surface area contributed by atoms with Crippen molar-refractivity contribution >= 4 is 23.7 Å². The number of likely N-dealkylation sites (tertiary alicyclic amines) is 3. The van der Waals surface area contributed by atoms with E-state index in [0.29, 0.717) is 51.9 Å². The molecule has 150 valence electrons. The molecule has 0 aliphatic carbocycles. The molecule has 1 spiro atoms. The molecular formula is C19H29N3O5. The highest BCUT2D eigenvalue weighted by atomic mass is 16.5. The number of esters is 1. The van der Waals surface area contributed by atoms with E-state index in [1.807, 2.05) is 13.8 Å². The molecule has 0 aromatic carbocycles. The standard InChI is InChI=1S/C19H29N3O5/c1-14(2)22-16(24)12-19(18(22)26)5-8-20(9-6-19)10-11-27-17(25)13-21-7-3-4-15(21)23/h14H,3-13H2,1-2H3. The highest BCUT2D eigenvalue weighted by Crippen LogP contribution is 2.42. The van der Waals surface area contributed by atoms with Gasteiger partial charge >= 0.3 is 5.97 Å². The summed E-state index contributed by atoms with van der Waals surface area (Å²) in [5.74, 6) is -0.444. The Hall–Kier alpha value is -1.96. The summed E-state index contributed by atoms with van der Waals surface area (Å²) in [6.45, 7) is 6.71. The molecule has 27 heavy (non-hydrogen) atoms. The first-order valence-electron chi connectivity index (χ1n) is 9.85. The number of rotatable bonds is 6. The maximum Gasteiger partial charge on any atom is 0.325 e. The molecule has 3 aliphatic heterocycles. The van der Waals surface area contributed by atoms with E-state index >= 15 is 0 Å². The molecule has 3 rings (SSSR count). The molecule has 0 unspecified atom stereocenters. The first-order chi connectivity index (χ1) is 12.8. The van der Waals surface area contributed by atoms with Gasteiger partial charge in [-0.25, -0.2) is 0 Å². The fourth-order valence-corrected chi connectivity index (χ4v) is 4.30. The van der Waals surface area contributed by atoms with Gasteiger partial charge in [-0.05, 0) is 46.2 Å². The number of ether oxygens (including phenoxy) is 1. The van der Waals surface area contributed by atoms with Gasteiger partial charge in [-0.2, -0.15) is 0 Å². The second-order valence-electron chi connectivity index (χ2n) is 8.10. The van der Waals surface area contributed by atoms with Crippen LogP contribution in [0.2, 0.25) is 0 Å². The van der Waals surface area contributed by atoms with E-state index in [4.69, 9.17) is 4.74 Å². The van der Waals surface area contributed by atoms with Crippen molar-refractivity contribution in [3.8, 4) is 0 Å². The van der Waals surface area contributed by atoms with Gasteiger partial charge in [-0.1, -0.05) is 0 Å². The molecule has 0 bridgehead atoms. The van der Waals surface area contributed by atoms with E-state index in [0.717, 1.165) is 6.42 Å². The number of hydrogen-bond donors (Lipinski definition) is 0. The van der Waals surface area contributed by atoms with E-state index in [2.05, 4.69) is 4.90 Å². The summed E-state index contributed by atoms with van der Waals surface area (Å²) >= 11 is 0. The zero-order valence-corrected chi connectivity index (χ0v) is 16.2. The van der Waals surface area contributed by atoms with E-state index in [-0.39, 0.29) is 42.9 Å². The summed E-state index contributed by atoms with van der Waals surface area (Å²) < 4.78 is 5.25. The molecule has 0 radical (unpaired) electrons. The summed E-state index contributed by atoms with van der Waals surface area (Å²) in [7, 11) is 0. The van der Waals surface area contributed by atoms with Crippen LogP contribution in [0.15, 0.2) is 0 Å². The third-order valence-corrected chi connectivity index (χ3v) is 5.92. The minimum Gasteiger partial charge on any atom is -0.463 e. The maximum absolute atomic E-state index is 12.7. The zero-order chi connectivity index (χ0) is 19.6. The largest absolute Gasteiger partial charge is 0.463 e. The van der Waals surface area contributed by atoms with Crippen LogP contribution in [0.1, 0.15) is 46.0 Å². The second-order valence-corrected chi connectivity index (χ2v) is 8.10. The summed E-state index contributed by atoms with van der Waals surface area (Å²) in [6.07, 6.45) is 2.96. The summed E-state index contributed by atoms with van der Waals surface area (Å²) in [6, 6.07) is -0.0932. The maximum atomic E-state index is 12.7. The molecule has 0 saturated carbocycles. The van der Waals surface area contributed by atoms with Crippen LogP contribution in [0, 0.1) is 5.41 Å². The van der Waals surface area contributed by atoms with Crippen molar-refractivity contribution in [2.24, 2.45) is 5.41 Å². The molecule has 0 aromatic rings.